The van der Waals surface area contributed by atoms with Crippen LogP contribution in [-0.4, -0.2) is 31.2 Å². The van der Waals surface area contributed by atoms with Crippen LogP contribution in [0.1, 0.15) is 10.4 Å². The summed E-state index contributed by atoms with van der Waals surface area (Å²) in [5.41, 5.74) is 8.69. The first-order valence-electron chi connectivity index (χ1n) is 6.53. The highest BCUT2D eigenvalue weighted by Gasteiger charge is 2.13. The van der Waals surface area contributed by atoms with Crippen molar-refractivity contribution < 1.29 is 4.79 Å². The fourth-order valence-corrected chi connectivity index (χ4v) is 2.33. The third kappa shape index (κ3) is 3.70. The second-order valence-corrected chi connectivity index (χ2v) is 5.74. The smallest absolute Gasteiger partial charge is 0.255 e. The van der Waals surface area contributed by atoms with Crippen LogP contribution in [0.4, 0.5) is 17.1 Å². The Labute approximate surface area is 129 Å². The van der Waals surface area contributed by atoms with Gasteiger partial charge in [0.2, 0.25) is 0 Å². The number of benzene rings is 2. The van der Waals surface area contributed by atoms with E-state index in [1.54, 1.807) is 49.0 Å². The Hall–Kier alpha value is -2.14. The first-order valence-corrected chi connectivity index (χ1v) is 7.76. The minimum absolute atomic E-state index is 0.0572. The van der Waals surface area contributed by atoms with Gasteiger partial charge in [-0.05, 0) is 48.7 Å². The molecule has 1 amide bonds. The number of hydrogen-bond donors (Lipinski definition) is 2. The molecule has 3 N–H and O–H groups in total. The van der Waals surface area contributed by atoms with E-state index in [9.17, 15) is 4.79 Å². The van der Waals surface area contributed by atoms with Gasteiger partial charge in [0.25, 0.3) is 5.91 Å². The predicted molar refractivity (Wildman–Crippen MR) is 90.4 cm³/mol. The van der Waals surface area contributed by atoms with E-state index >= 15 is 0 Å². The summed E-state index contributed by atoms with van der Waals surface area (Å²) >= 11 is 1.69. The summed E-state index contributed by atoms with van der Waals surface area (Å²) in [5.74, 6) is -0.0572. The minimum atomic E-state index is -0.0572. The van der Waals surface area contributed by atoms with Crippen LogP contribution in [0.5, 0.6) is 0 Å². The number of nitrogens with zero attached hydrogens (tertiary/aromatic N) is 1. The summed E-state index contributed by atoms with van der Waals surface area (Å²) in [6.45, 7) is 0. The van der Waals surface area contributed by atoms with Gasteiger partial charge in [-0.3, -0.25) is 4.79 Å². The molecular formula is C16H19N3OS. The summed E-state index contributed by atoms with van der Waals surface area (Å²) < 4.78 is 0. The van der Waals surface area contributed by atoms with Crippen molar-refractivity contribution in [1.29, 1.82) is 0 Å². The highest BCUT2D eigenvalue weighted by molar-refractivity contribution is 7.98. The Morgan fingerprint density at radius 3 is 2.38 bits per heavy atom. The Morgan fingerprint density at radius 1 is 1.14 bits per heavy atom. The van der Waals surface area contributed by atoms with Crippen molar-refractivity contribution in [3.05, 3.63) is 48.0 Å². The summed E-state index contributed by atoms with van der Waals surface area (Å²) in [6.07, 6.45) is 2.04. The molecule has 2 aromatic rings. The molecule has 0 aliphatic carbocycles. The lowest BCUT2D eigenvalue weighted by Crippen LogP contribution is -2.22. The molecule has 2 aromatic carbocycles. The molecule has 110 valence electrons. The molecule has 4 nitrogen and oxygen atoms in total. The van der Waals surface area contributed by atoms with Crippen LogP contribution >= 0.6 is 11.8 Å². The van der Waals surface area contributed by atoms with Crippen LogP contribution in [0.2, 0.25) is 0 Å². The van der Waals surface area contributed by atoms with Gasteiger partial charge >= 0.3 is 0 Å². The molecule has 0 aliphatic rings. The standard InChI is InChI=1S/C16H19N3OS/c1-19(2)16(20)14-9-4-11(17)10-15(14)18-12-5-7-13(21-3)8-6-12/h4-10,18H,17H2,1-3H3. The number of nitrogen functional groups attached to an aromatic ring is 1. The van der Waals surface area contributed by atoms with Gasteiger partial charge in [-0.25, -0.2) is 0 Å². The van der Waals surface area contributed by atoms with Crippen LogP contribution in [0, 0.1) is 0 Å². The Kier molecular flexibility index (Phi) is 4.75. The topological polar surface area (TPSA) is 58.4 Å². The fraction of sp³-hybridized carbons (Fsp3) is 0.188. The van der Waals surface area contributed by atoms with E-state index in [2.05, 4.69) is 5.32 Å². The molecule has 0 aliphatic heterocycles. The predicted octanol–water partition coefficient (Wildman–Crippen LogP) is 3.44. The van der Waals surface area contributed by atoms with Crippen LogP contribution in [0.25, 0.3) is 0 Å². The first kappa shape index (κ1) is 15.3. The van der Waals surface area contributed by atoms with Crippen LogP contribution in [-0.2, 0) is 0 Å². The van der Waals surface area contributed by atoms with Crippen LogP contribution in [0.15, 0.2) is 47.4 Å². The molecule has 0 saturated carbocycles. The molecule has 0 unspecified atom stereocenters. The van der Waals surface area contributed by atoms with Gasteiger partial charge in [0, 0.05) is 30.4 Å². The van der Waals surface area contributed by atoms with E-state index < -0.39 is 0 Å². The van der Waals surface area contributed by atoms with Gasteiger partial charge < -0.3 is 16.0 Å². The summed E-state index contributed by atoms with van der Waals surface area (Å²) in [7, 11) is 3.46. The van der Waals surface area contributed by atoms with E-state index in [4.69, 9.17) is 5.73 Å². The molecule has 0 spiro atoms. The van der Waals surface area contributed by atoms with Crippen molar-refractivity contribution in [1.82, 2.24) is 4.90 Å². The van der Waals surface area contributed by atoms with Crippen molar-refractivity contribution in [2.24, 2.45) is 0 Å². The number of rotatable bonds is 4. The van der Waals surface area contributed by atoms with Gasteiger partial charge in [-0.15, -0.1) is 11.8 Å². The Bertz CT molecular complexity index is 638. The number of nitrogens with two attached hydrogens (primary N) is 1. The average molecular weight is 301 g/mol. The highest BCUT2D eigenvalue weighted by atomic mass is 32.2. The molecule has 0 heterocycles. The third-order valence-corrected chi connectivity index (χ3v) is 3.79. The Morgan fingerprint density at radius 2 is 1.81 bits per heavy atom. The van der Waals surface area contributed by atoms with E-state index in [0.29, 0.717) is 16.9 Å². The highest BCUT2D eigenvalue weighted by Crippen LogP contribution is 2.26. The zero-order valence-electron chi connectivity index (χ0n) is 12.4. The SMILES string of the molecule is CSc1ccc(Nc2cc(N)ccc2C(=O)N(C)C)cc1. The molecule has 0 bridgehead atoms. The average Bonchev–Trinajstić information content (AvgIpc) is 2.47. The summed E-state index contributed by atoms with van der Waals surface area (Å²) in [6, 6.07) is 13.3. The monoisotopic (exact) mass is 301 g/mol. The van der Waals surface area contributed by atoms with Crippen molar-refractivity contribution >= 4 is 34.7 Å². The second kappa shape index (κ2) is 6.54. The van der Waals surface area contributed by atoms with E-state index in [1.807, 2.05) is 30.5 Å². The maximum absolute atomic E-state index is 12.2. The third-order valence-electron chi connectivity index (χ3n) is 3.05. The normalized spacial score (nSPS) is 10.2. The molecular weight excluding hydrogens is 282 g/mol. The molecule has 0 radical (unpaired) electrons. The number of amides is 1. The number of hydrogen-bond acceptors (Lipinski definition) is 4. The maximum Gasteiger partial charge on any atom is 0.255 e. The number of carbonyl (C=O) groups excluding carboxylic acids is 1. The number of carbonyl (C=O) groups is 1. The van der Waals surface area contributed by atoms with Gasteiger partial charge in [-0.1, -0.05) is 0 Å². The second-order valence-electron chi connectivity index (χ2n) is 4.86. The largest absolute Gasteiger partial charge is 0.399 e. The quantitative estimate of drug-likeness (QED) is 0.671. The van der Waals surface area contributed by atoms with E-state index in [1.165, 1.54) is 4.90 Å². The van der Waals surface area contributed by atoms with Crippen LogP contribution in [0.3, 0.4) is 0 Å². The molecule has 21 heavy (non-hydrogen) atoms. The molecule has 2 rings (SSSR count). The molecule has 0 fully saturated rings. The molecule has 0 saturated heterocycles. The first-order chi connectivity index (χ1) is 10.0. The van der Waals surface area contributed by atoms with Gasteiger partial charge in [-0.2, -0.15) is 0 Å². The van der Waals surface area contributed by atoms with E-state index in [-0.39, 0.29) is 5.91 Å². The molecule has 0 atom stereocenters. The number of nitrogens with one attached hydrogen (secondary N) is 1. The van der Waals surface area contributed by atoms with Crippen molar-refractivity contribution in [3.63, 3.8) is 0 Å². The fourth-order valence-electron chi connectivity index (χ4n) is 1.92. The van der Waals surface area contributed by atoms with Crippen molar-refractivity contribution in [2.75, 3.05) is 31.4 Å². The Balaban J connectivity index is 2.33. The lowest BCUT2D eigenvalue weighted by atomic mass is 10.1. The minimum Gasteiger partial charge on any atom is -0.399 e. The summed E-state index contributed by atoms with van der Waals surface area (Å²) in [4.78, 5) is 15.0. The number of thioether (sulfide) groups is 1. The lowest BCUT2D eigenvalue weighted by Gasteiger charge is -2.16. The summed E-state index contributed by atoms with van der Waals surface area (Å²) in [5, 5.41) is 3.26. The van der Waals surface area contributed by atoms with E-state index in [0.717, 1.165) is 5.69 Å². The molecule has 0 aromatic heterocycles. The van der Waals surface area contributed by atoms with Crippen molar-refractivity contribution in [2.45, 2.75) is 4.90 Å². The van der Waals surface area contributed by atoms with Crippen LogP contribution < -0.4 is 11.1 Å². The lowest BCUT2D eigenvalue weighted by molar-refractivity contribution is 0.0828. The van der Waals surface area contributed by atoms with Gasteiger partial charge in [0.1, 0.15) is 0 Å². The van der Waals surface area contributed by atoms with Gasteiger partial charge in [0.15, 0.2) is 0 Å². The maximum atomic E-state index is 12.2. The van der Waals surface area contributed by atoms with Crippen molar-refractivity contribution in [3.8, 4) is 0 Å². The molecule has 5 heteroatoms. The zero-order valence-corrected chi connectivity index (χ0v) is 13.2. The number of anilines is 3. The zero-order chi connectivity index (χ0) is 15.4. The van der Waals surface area contributed by atoms with Gasteiger partial charge in [0.05, 0.1) is 11.3 Å².